The van der Waals surface area contributed by atoms with Gasteiger partial charge in [-0.1, -0.05) is 42.1 Å². The highest BCUT2D eigenvalue weighted by Crippen LogP contribution is 2.31. The molecule has 2 aromatic carbocycles. The Morgan fingerprint density at radius 1 is 1.19 bits per heavy atom. The minimum absolute atomic E-state index is 0.0786. The van der Waals surface area contributed by atoms with Gasteiger partial charge < -0.3 is 15.4 Å². The van der Waals surface area contributed by atoms with Crippen molar-refractivity contribution in [1.29, 1.82) is 0 Å². The van der Waals surface area contributed by atoms with Crippen LogP contribution in [0.1, 0.15) is 17.5 Å². The van der Waals surface area contributed by atoms with Gasteiger partial charge in [0.1, 0.15) is 16.7 Å². The molecule has 1 fully saturated rings. The number of hydrogen-bond acceptors (Lipinski definition) is 5. The van der Waals surface area contributed by atoms with Gasteiger partial charge >= 0.3 is 0 Å². The molecular formula is C20H21N3O3S. The van der Waals surface area contributed by atoms with Crippen LogP contribution in [0.15, 0.2) is 47.5 Å². The molecule has 1 atom stereocenters. The minimum atomic E-state index is -0.511. The zero-order valence-electron chi connectivity index (χ0n) is 15.4. The van der Waals surface area contributed by atoms with E-state index in [-0.39, 0.29) is 18.2 Å². The Balaban J connectivity index is 1.67. The van der Waals surface area contributed by atoms with Crippen LogP contribution in [0.25, 0.3) is 0 Å². The van der Waals surface area contributed by atoms with E-state index in [2.05, 4.69) is 15.6 Å². The highest BCUT2D eigenvalue weighted by Gasteiger charge is 2.32. The Bertz CT molecular complexity index is 891. The average Bonchev–Trinajstić information content (AvgIpc) is 2.97. The number of amides is 2. The van der Waals surface area contributed by atoms with E-state index in [9.17, 15) is 9.59 Å². The highest BCUT2D eigenvalue weighted by atomic mass is 32.2. The Morgan fingerprint density at radius 2 is 1.89 bits per heavy atom. The van der Waals surface area contributed by atoms with Crippen LogP contribution in [-0.4, -0.2) is 29.3 Å². The van der Waals surface area contributed by atoms with Crippen molar-refractivity contribution in [2.75, 3.05) is 12.4 Å². The molecule has 2 amide bonds. The number of methoxy groups -OCH3 is 1. The fourth-order valence-electron chi connectivity index (χ4n) is 2.79. The molecule has 3 rings (SSSR count). The fraction of sp³-hybridized carbons (Fsp3) is 0.250. The van der Waals surface area contributed by atoms with Crippen molar-refractivity contribution >= 4 is 40.1 Å². The van der Waals surface area contributed by atoms with Gasteiger partial charge in [0, 0.05) is 12.1 Å². The number of nitrogens with one attached hydrogen (secondary N) is 2. The van der Waals surface area contributed by atoms with Crippen LogP contribution in [-0.2, 0) is 9.59 Å². The fourth-order valence-corrected chi connectivity index (χ4v) is 3.78. The van der Waals surface area contributed by atoms with Crippen LogP contribution in [0.5, 0.6) is 5.75 Å². The lowest BCUT2D eigenvalue weighted by Crippen LogP contribution is -2.28. The lowest BCUT2D eigenvalue weighted by Gasteiger charge is -2.12. The third-order valence-electron chi connectivity index (χ3n) is 4.20. The lowest BCUT2D eigenvalue weighted by atomic mass is 10.1. The van der Waals surface area contributed by atoms with Gasteiger partial charge in [-0.2, -0.15) is 0 Å². The molecule has 1 aliphatic heterocycles. The lowest BCUT2D eigenvalue weighted by molar-refractivity contribution is -0.122. The SMILES string of the molecule is COc1ccccc1N=C1NC(=O)[C@@H](CC(=O)Nc2c(C)cccc2C)S1. The quantitative estimate of drug-likeness (QED) is 0.827. The zero-order chi connectivity index (χ0) is 19.4. The van der Waals surface area contributed by atoms with Crippen molar-refractivity contribution in [3.63, 3.8) is 0 Å². The van der Waals surface area contributed by atoms with E-state index in [1.54, 1.807) is 19.2 Å². The summed E-state index contributed by atoms with van der Waals surface area (Å²) in [4.78, 5) is 29.1. The summed E-state index contributed by atoms with van der Waals surface area (Å²) in [6.45, 7) is 3.88. The molecule has 0 aliphatic carbocycles. The monoisotopic (exact) mass is 383 g/mol. The summed E-state index contributed by atoms with van der Waals surface area (Å²) < 4.78 is 5.27. The van der Waals surface area contributed by atoms with Crippen molar-refractivity contribution < 1.29 is 14.3 Å². The standard InChI is InChI=1S/C20H21N3O3S/c1-12-7-6-8-13(2)18(12)22-17(24)11-16-19(25)23-20(27-16)21-14-9-4-5-10-15(14)26-3/h4-10,16H,11H2,1-3H3,(H,22,24)(H,21,23,25)/t16-/m1/s1. The number of thioether (sulfide) groups is 1. The molecule has 0 radical (unpaired) electrons. The molecule has 2 N–H and O–H groups in total. The van der Waals surface area contributed by atoms with Crippen molar-refractivity contribution in [3.8, 4) is 5.75 Å². The average molecular weight is 383 g/mol. The maximum absolute atomic E-state index is 12.4. The van der Waals surface area contributed by atoms with Gasteiger partial charge in [0.2, 0.25) is 11.8 Å². The largest absolute Gasteiger partial charge is 0.494 e. The Hall–Kier alpha value is -2.80. The summed E-state index contributed by atoms with van der Waals surface area (Å²) in [6, 6.07) is 13.1. The zero-order valence-corrected chi connectivity index (χ0v) is 16.2. The Morgan fingerprint density at radius 3 is 2.59 bits per heavy atom. The maximum atomic E-state index is 12.4. The topological polar surface area (TPSA) is 79.8 Å². The summed E-state index contributed by atoms with van der Waals surface area (Å²) in [5.74, 6) is 0.208. The normalized spacial score (nSPS) is 17.7. The van der Waals surface area contributed by atoms with Gasteiger partial charge in [-0.05, 0) is 37.1 Å². The number of aliphatic imine (C=N–C) groups is 1. The van der Waals surface area contributed by atoms with E-state index < -0.39 is 5.25 Å². The summed E-state index contributed by atoms with van der Waals surface area (Å²) in [6.07, 6.45) is 0.0786. The van der Waals surface area contributed by atoms with Crippen molar-refractivity contribution in [1.82, 2.24) is 5.32 Å². The van der Waals surface area contributed by atoms with Crippen LogP contribution >= 0.6 is 11.8 Å². The highest BCUT2D eigenvalue weighted by molar-refractivity contribution is 8.15. The third kappa shape index (κ3) is 4.49. The first-order valence-electron chi connectivity index (χ1n) is 8.53. The number of aryl methyl sites for hydroxylation is 2. The third-order valence-corrected chi connectivity index (χ3v) is 5.28. The number of ether oxygens (including phenoxy) is 1. The first kappa shape index (κ1) is 19.0. The summed E-state index contributed by atoms with van der Waals surface area (Å²) in [7, 11) is 1.57. The Kier molecular flexibility index (Phi) is 5.81. The van der Waals surface area contributed by atoms with Gasteiger partial charge in [0.25, 0.3) is 0 Å². The van der Waals surface area contributed by atoms with Gasteiger partial charge in [-0.15, -0.1) is 0 Å². The van der Waals surface area contributed by atoms with E-state index in [4.69, 9.17) is 4.74 Å². The molecular weight excluding hydrogens is 362 g/mol. The van der Waals surface area contributed by atoms with E-state index in [0.717, 1.165) is 16.8 Å². The number of anilines is 1. The minimum Gasteiger partial charge on any atom is -0.494 e. The predicted molar refractivity (Wildman–Crippen MR) is 109 cm³/mol. The molecule has 140 valence electrons. The van der Waals surface area contributed by atoms with Crippen LogP contribution in [0.3, 0.4) is 0 Å². The summed E-state index contributed by atoms with van der Waals surface area (Å²) in [5, 5.41) is 5.61. The van der Waals surface area contributed by atoms with E-state index >= 15 is 0 Å². The predicted octanol–water partition coefficient (Wildman–Crippen LogP) is 3.56. The molecule has 7 heteroatoms. The van der Waals surface area contributed by atoms with Crippen molar-refractivity contribution in [3.05, 3.63) is 53.6 Å². The maximum Gasteiger partial charge on any atom is 0.240 e. The number of hydrogen-bond donors (Lipinski definition) is 2. The molecule has 1 aliphatic rings. The van der Waals surface area contributed by atoms with Gasteiger partial charge in [0.15, 0.2) is 5.17 Å². The van der Waals surface area contributed by atoms with Gasteiger partial charge in [-0.3, -0.25) is 9.59 Å². The molecule has 0 unspecified atom stereocenters. The molecule has 0 bridgehead atoms. The molecule has 1 heterocycles. The smallest absolute Gasteiger partial charge is 0.240 e. The first-order valence-corrected chi connectivity index (χ1v) is 9.41. The van der Waals surface area contributed by atoms with Gasteiger partial charge in [0.05, 0.1) is 7.11 Å². The van der Waals surface area contributed by atoms with Crippen molar-refractivity contribution in [2.45, 2.75) is 25.5 Å². The van der Waals surface area contributed by atoms with E-state index in [1.807, 2.05) is 44.2 Å². The molecule has 2 aromatic rings. The molecule has 0 saturated carbocycles. The number of para-hydroxylation sites is 3. The molecule has 0 spiro atoms. The second-order valence-electron chi connectivity index (χ2n) is 6.20. The Labute approximate surface area is 162 Å². The number of rotatable bonds is 5. The second kappa shape index (κ2) is 8.26. The molecule has 27 heavy (non-hydrogen) atoms. The number of benzene rings is 2. The van der Waals surface area contributed by atoms with Crippen LogP contribution in [0.4, 0.5) is 11.4 Å². The van der Waals surface area contributed by atoms with E-state index in [1.165, 1.54) is 11.8 Å². The van der Waals surface area contributed by atoms with Crippen LogP contribution < -0.4 is 15.4 Å². The molecule has 6 nitrogen and oxygen atoms in total. The van der Waals surface area contributed by atoms with E-state index in [0.29, 0.717) is 16.6 Å². The number of nitrogens with zero attached hydrogens (tertiary/aromatic N) is 1. The van der Waals surface area contributed by atoms with Crippen LogP contribution in [0, 0.1) is 13.8 Å². The second-order valence-corrected chi connectivity index (χ2v) is 7.40. The van der Waals surface area contributed by atoms with Crippen molar-refractivity contribution in [2.24, 2.45) is 4.99 Å². The summed E-state index contributed by atoms with van der Waals surface area (Å²) >= 11 is 1.25. The first-order chi connectivity index (χ1) is 13.0. The van der Waals surface area contributed by atoms with Gasteiger partial charge in [-0.25, -0.2) is 4.99 Å². The number of carbonyl (C=O) groups excluding carboxylic acids is 2. The molecule has 1 saturated heterocycles. The number of carbonyl (C=O) groups is 2. The molecule has 0 aromatic heterocycles. The summed E-state index contributed by atoms with van der Waals surface area (Å²) in [5.41, 5.74) is 3.41. The van der Waals surface area contributed by atoms with Crippen LogP contribution in [0.2, 0.25) is 0 Å². The number of amidine groups is 1.